The minimum absolute atomic E-state index is 0.103. The number of rotatable bonds is 7. The molecule has 0 radical (unpaired) electrons. The van der Waals surface area contributed by atoms with Gasteiger partial charge in [-0.2, -0.15) is 0 Å². The Kier molecular flexibility index (Phi) is 6.63. The van der Waals surface area contributed by atoms with Crippen molar-refractivity contribution in [2.75, 3.05) is 26.2 Å². The number of carbonyl (C=O) groups excluding carboxylic acids is 1. The molecule has 1 aliphatic heterocycles. The molecule has 0 aromatic heterocycles. The summed E-state index contributed by atoms with van der Waals surface area (Å²) in [6.07, 6.45) is 5.14. The fourth-order valence-electron chi connectivity index (χ4n) is 3.74. The third kappa shape index (κ3) is 5.17. The summed E-state index contributed by atoms with van der Waals surface area (Å²) < 4.78 is 0. The van der Waals surface area contributed by atoms with Crippen molar-refractivity contribution in [2.45, 2.75) is 31.6 Å². The number of benzene rings is 2. The van der Waals surface area contributed by atoms with Crippen molar-refractivity contribution in [1.82, 2.24) is 5.32 Å². The maximum atomic E-state index is 12.9. The van der Waals surface area contributed by atoms with E-state index in [0.29, 0.717) is 0 Å². The SMILES string of the molecule is O=C(NCCC[NH+]1CCCCC1)C(c1ccccc1)c1ccccc1. The molecule has 3 nitrogen and oxygen atoms in total. The van der Waals surface area contributed by atoms with E-state index in [2.05, 4.69) is 5.32 Å². The van der Waals surface area contributed by atoms with Gasteiger partial charge in [0.1, 0.15) is 0 Å². The first-order valence-corrected chi connectivity index (χ1v) is 9.56. The van der Waals surface area contributed by atoms with E-state index in [0.717, 1.165) is 24.1 Å². The Hall–Kier alpha value is -2.13. The number of hydrogen-bond acceptors (Lipinski definition) is 1. The molecular formula is C22H29N2O+. The first-order chi connectivity index (χ1) is 12.3. The van der Waals surface area contributed by atoms with E-state index in [-0.39, 0.29) is 11.8 Å². The molecule has 1 saturated heterocycles. The zero-order valence-corrected chi connectivity index (χ0v) is 14.9. The molecule has 0 unspecified atom stereocenters. The molecule has 0 saturated carbocycles. The largest absolute Gasteiger partial charge is 0.355 e. The quantitative estimate of drug-likeness (QED) is 0.748. The van der Waals surface area contributed by atoms with Crippen molar-refractivity contribution in [3.8, 4) is 0 Å². The highest BCUT2D eigenvalue weighted by molar-refractivity contribution is 5.87. The molecule has 1 amide bonds. The van der Waals surface area contributed by atoms with Crippen LogP contribution in [-0.2, 0) is 4.79 Å². The fraction of sp³-hybridized carbons (Fsp3) is 0.409. The van der Waals surface area contributed by atoms with Crippen molar-refractivity contribution >= 4 is 5.91 Å². The van der Waals surface area contributed by atoms with E-state index in [4.69, 9.17) is 0 Å². The summed E-state index contributed by atoms with van der Waals surface area (Å²) in [6.45, 7) is 4.52. The molecule has 3 heteroatoms. The molecule has 2 aromatic rings. The molecule has 0 aliphatic carbocycles. The van der Waals surface area contributed by atoms with Crippen LogP contribution in [0.25, 0.3) is 0 Å². The van der Waals surface area contributed by atoms with Crippen LogP contribution < -0.4 is 10.2 Å². The molecular weight excluding hydrogens is 308 g/mol. The van der Waals surface area contributed by atoms with E-state index < -0.39 is 0 Å². The zero-order valence-electron chi connectivity index (χ0n) is 14.9. The van der Waals surface area contributed by atoms with Crippen molar-refractivity contribution in [3.05, 3.63) is 71.8 Å². The lowest BCUT2D eigenvalue weighted by molar-refractivity contribution is -0.904. The van der Waals surface area contributed by atoms with Crippen molar-refractivity contribution < 1.29 is 9.69 Å². The molecule has 0 bridgehead atoms. The summed E-state index contributed by atoms with van der Waals surface area (Å²) in [5.74, 6) is -0.129. The fourth-order valence-corrected chi connectivity index (χ4v) is 3.74. The lowest BCUT2D eigenvalue weighted by Gasteiger charge is -2.23. The molecule has 2 aromatic carbocycles. The molecule has 1 heterocycles. The Morgan fingerprint density at radius 2 is 1.44 bits per heavy atom. The van der Waals surface area contributed by atoms with Gasteiger partial charge in [-0.05, 0) is 30.4 Å². The van der Waals surface area contributed by atoms with Gasteiger partial charge >= 0.3 is 0 Å². The smallest absolute Gasteiger partial charge is 0.232 e. The molecule has 0 atom stereocenters. The highest BCUT2D eigenvalue weighted by Gasteiger charge is 2.22. The van der Waals surface area contributed by atoms with Crippen molar-refractivity contribution in [3.63, 3.8) is 0 Å². The van der Waals surface area contributed by atoms with E-state index in [9.17, 15) is 4.79 Å². The van der Waals surface area contributed by atoms with Crippen LogP contribution in [0.15, 0.2) is 60.7 Å². The second-order valence-corrected chi connectivity index (χ2v) is 6.96. The lowest BCUT2D eigenvalue weighted by Crippen LogP contribution is -3.12. The summed E-state index contributed by atoms with van der Waals surface area (Å²) in [5, 5.41) is 3.17. The zero-order chi connectivity index (χ0) is 17.3. The Morgan fingerprint density at radius 1 is 0.880 bits per heavy atom. The van der Waals surface area contributed by atoms with Gasteiger partial charge in [0.15, 0.2) is 0 Å². The predicted molar refractivity (Wildman–Crippen MR) is 102 cm³/mol. The second kappa shape index (κ2) is 9.38. The summed E-state index contributed by atoms with van der Waals surface area (Å²) in [7, 11) is 0. The Morgan fingerprint density at radius 3 is 2.00 bits per heavy atom. The van der Waals surface area contributed by atoms with Crippen LogP contribution >= 0.6 is 0 Å². The first-order valence-electron chi connectivity index (χ1n) is 9.56. The number of amides is 1. The predicted octanol–water partition coefficient (Wildman–Crippen LogP) is 2.39. The van der Waals surface area contributed by atoms with Crippen LogP contribution in [0, 0.1) is 0 Å². The minimum Gasteiger partial charge on any atom is -0.355 e. The summed E-state index contributed by atoms with van der Waals surface area (Å²) in [4.78, 5) is 14.6. The number of nitrogens with one attached hydrogen (secondary N) is 2. The maximum Gasteiger partial charge on any atom is 0.232 e. The Balaban J connectivity index is 1.58. The van der Waals surface area contributed by atoms with Gasteiger partial charge in [-0.15, -0.1) is 0 Å². The van der Waals surface area contributed by atoms with Crippen LogP contribution in [0.5, 0.6) is 0 Å². The maximum absolute atomic E-state index is 12.9. The topological polar surface area (TPSA) is 33.5 Å². The van der Waals surface area contributed by atoms with Gasteiger partial charge in [0.25, 0.3) is 0 Å². The average Bonchev–Trinajstić information content (AvgIpc) is 2.68. The third-order valence-corrected chi connectivity index (χ3v) is 5.09. The molecule has 132 valence electrons. The Labute approximate surface area is 151 Å². The normalized spacial score (nSPS) is 15.2. The number of carbonyl (C=O) groups is 1. The summed E-state index contributed by atoms with van der Waals surface area (Å²) in [6, 6.07) is 20.1. The van der Waals surface area contributed by atoms with Crippen LogP contribution in [0.4, 0.5) is 0 Å². The van der Waals surface area contributed by atoms with E-state index in [1.807, 2.05) is 60.7 Å². The molecule has 1 aliphatic rings. The van der Waals surface area contributed by atoms with Gasteiger partial charge in [-0.3, -0.25) is 4.79 Å². The van der Waals surface area contributed by atoms with Crippen LogP contribution in [0.3, 0.4) is 0 Å². The number of piperidine rings is 1. The third-order valence-electron chi connectivity index (χ3n) is 5.09. The van der Waals surface area contributed by atoms with Crippen molar-refractivity contribution in [2.24, 2.45) is 0 Å². The molecule has 25 heavy (non-hydrogen) atoms. The Bertz CT molecular complexity index is 596. The van der Waals surface area contributed by atoms with Gasteiger partial charge in [-0.1, -0.05) is 60.7 Å². The number of quaternary nitrogens is 1. The van der Waals surface area contributed by atoms with Crippen LogP contribution in [0.1, 0.15) is 42.7 Å². The number of hydrogen-bond donors (Lipinski definition) is 2. The second-order valence-electron chi connectivity index (χ2n) is 6.96. The van der Waals surface area contributed by atoms with Gasteiger partial charge in [0.05, 0.1) is 25.6 Å². The van der Waals surface area contributed by atoms with Gasteiger partial charge in [0.2, 0.25) is 5.91 Å². The molecule has 0 spiro atoms. The van der Waals surface area contributed by atoms with E-state index in [1.165, 1.54) is 38.9 Å². The summed E-state index contributed by atoms with van der Waals surface area (Å²) >= 11 is 0. The van der Waals surface area contributed by atoms with Gasteiger partial charge < -0.3 is 10.2 Å². The van der Waals surface area contributed by atoms with E-state index >= 15 is 0 Å². The average molecular weight is 337 g/mol. The highest BCUT2D eigenvalue weighted by Crippen LogP contribution is 2.24. The molecule has 1 fully saturated rings. The molecule has 2 N–H and O–H groups in total. The van der Waals surface area contributed by atoms with Crippen LogP contribution in [0.2, 0.25) is 0 Å². The first kappa shape index (κ1) is 17.7. The van der Waals surface area contributed by atoms with E-state index in [1.54, 1.807) is 4.90 Å². The minimum atomic E-state index is -0.232. The monoisotopic (exact) mass is 337 g/mol. The summed E-state index contributed by atoms with van der Waals surface area (Å²) in [5.41, 5.74) is 2.10. The standard InChI is InChI=1S/C22H28N2O/c25-22(23-15-10-18-24-16-8-3-9-17-24)21(19-11-4-1-5-12-19)20-13-6-2-7-14-20/h1-2,4-7,11-14,21H,3,8-10,15-18H2,(H,23,25)/p+1. The van der Waals surface area contributed by atoms with Crippen LogP contribution in [-0.4, -0.2) is 32.1 Å². The van der Waals surface area contributed by atoms with Gasteiger partial charge in [-0.25, -0.2) is 0 Å². The van der Waals surface area contributed by atoms with Crippen molar-refractivity contribution in [1.29, 1.82) is 0 Å². The highest BCUT2D eigenvalue weighted by atomic mass is 16.1. The molecule has 3 rings (SSSR count). The lowest BCUT2D eigenvalue weighted by atomic mass is 9.90. The number of likely N-dealkylation sites (tertiary alicyclic amines) is 1. The van der Waals surface area contributed by atoms with Gasteiger partial charge in [0, 0.05) is 13.0 Å².